The minimum atomic E-state index is -0.665. The monoisotopic (exact) mass is 220 g/mol. The molecule has 1 atom stereocenters. The molecule has 0 aliphatic carbocycles. The van der Waals surface area contributed by atoms with Gasteiger partial charge in [0.15, 0.2) is 0 Å². The predicted octanol–water partition coefficient (Wildman–Crippen LogP) is 4.04. The van der Waals surface area contributed by atoms with Crippen LogP contribution in [0.3, 0.4) is 0 Å². The maximum Gasteiger partial charge on any atom is 0.0868 e. The van der Waals surface area contributed by atoms with Gasteiger partial charge in [0.25, 0.3) is 0 Å². The van der Waals surface area contributed by atoms with E-state index in [1.54, 1.807) is 0 Å². The molecular formula is C15H24O. The van der Waals surface area contributed by atoms with E-state index in [4.69, 9.17) is 0 Å². The average Bonchev–Trinajstić information content (AvgIpc) is 2.29. The second-order valence-corrected chi connectivity index (χ2v) is 4.78. The fourth-order valence-corrected chi connectivity index (χ4v) is 1.96. The topological polar surface area (TPSA) is 20.2 Å². The third kappa shape index (κ3) is 3.64. The smallest absolute Gasteiger partial charge is 0.0868 e. The highest BCUT2D eigenvalue weighted by Gasteiger charge is 2.21. The molecule has 1 aromatic carbocycles. The molecule has 0 fully saturated rings. The zero-order valence-corrected chi connectivity index (χ0v) is 10.8. The van der Waals surface area contributed by atoms with Crippen LogP contribution in [0.5, 0.6) is 0 Å². The van der Waals surface area contributed by atoms with Crippen molar-refractivity contribution in [2.75, 3.05) is 0 Å². The summed E-state index contributed by atoms with van der Waals surface area (Å²) in [6.45, 7) is 6.25. The van der Waals surface area contributed by atoms with Gasteiger partial charge in [-0.2, -0.15) is 0 Å². The Bertz CT molecular complexity index is 298. The van der Waals surface area contributed by atoms with E-state index in [1.807, 2.05) is 6.92 Å². The summed E-state index contributed by atoms with van der Waals surface area (Å²) in [5, 5.41) is 10.4. The largest absolute Gasteiger partial charge is 0.385 e. The Balaban J connectivity index is 2.65. The lowest BCUT2D eigenvalue weighted by Gasteiger charge is -2.24. The van der Waals surface area contributed by atoms with Gasteiger partial charge in [-0.1, -0.05) is 57.4 Å². The van der Waals surface area contributed by atoms with Crippen molar-refractivity contribution >= 4 is 0 Å². The van der Waals surface area contributed by atoms with E-state index in [9.17, 15) is 5.11 Å². The van der Waals surface area contributed by atoms with Crippen LogP contribution in [0.2, 0.25) is 0 Å². The lowest BCUT2D eigenvalue weighted by atomic mass is 9.89. The molecule has 0 spiro atoms. The Kier molecular flexibility index (Phi) is 5.01. The van der Waals surface area contributed by atoms with Gasteiger partial charge in [0.05, 0.1) is 5.60 Å². The number of hydrogen-bond donors (Lipinski definition) is 1. The quantitative estimate of drug-likeness (QED) is 0.717. The Morgan fingerprint density at radius 2 is 1.69 bits per heavy atom. The molecule has 0 saturated carbocycles. The Hall–Kier alpha value is -0.820. The Morgan fingerprint density at radius 3 is 2.19 bits per heavy atom. The molecule has 0 aliphatic rings. The van der Waals surface area contributed by atoms with Gasteiger partial charge >= 0.3 is 0 Å². The second kappa shape index (κ2) is 6.05. The summed E-state index contributed by atoms with van der Waals surface area (Å²) in [5.74, 6) is 0. The predicted molar refractivity (Wildman–Crippen MR) is 69.5 cm³/mol. The molecule has 1 N–H and O–H groups in total. The highest BCUT2D eigenvalue weighted by molar-refractivity contribution is 5.26. The van der Waals surface area contributed by atoms with Crippen LogP contribution in [0.25, 0.3) is 0 Å². The van der Waals surface area contributed by atoms with Crippen molar-refractivity contribution in [2.45, 2.75) is 58.5 Å². The van der Waals surface area contributed by atoms with Gasteiger partial charge < -0.3 is 5.11 Å². The van der Waals surface area contributed by atoms with E-state index in [1.165, 1.54) is 18.4 Å². The number of aliphatic hydroxyl groups is 1. The zero-order valence-electron chi connectivity index (χ0n) is 10.8. The molecule has 0 aromatic heterocycles. The van der Waals surface area contributed by atoms with Crippen LogP contribution in [-0.2, 0) is 12.0 Å². The molecule has 0 heterocycles. The van der Waals surface area contributed by atoms with Crippen LogP contribution in [0.4, 0.5) is 0 Å². The van der Waals surface area contributed by atoms with Gasteiger partial charge in [-0.15, -0.1) is 0 Å². The number of benzene rings is 1. The molecular weight excluding hydrogens is 196 g/mol. The van der Waals surface area contributed by atoms with E-state index in [0.717, 1.165) is 24.8 Å². The summed E-state index contributed by atoms with van der Waals surface area (Å²) >= 11 is 0. The molecule has 0 aliphatic heterocycles. The number of hydrogen-bond acceptors (Lipinski definition) is 1. The van der Waals surface area contributed by atoms with Crippen LogP contribution in [-0.4, -0.2) is 5.11 Å². The molecule has 1 heteroatoms. The van der Waals surface area contributed by atoms with Gasteiger partial charge in [-0.05, 0) is 30.9 Å². The number of aryl methyl sites for hydroxylation is 1. The first kappa shape index (κ1) is 13.2. The van der Waals surface area contributed by atoms with Crippen LogP contribution in [0.1, 0.15) is 57.6 Å². The van der Waals surface area contributed by atoms with Gasteiger partial charge in [-0.3, -0.25) is 0 Å². The molecule has 1 nitrogen and oxygen atoms in total. The maximum atomic E-state index is 10.4. The van der Waals surface area contributed by atoms with E-state index >= 15 is 0 Å². The van der Waals surface area contributed by atoms with Crippen molar-refractivity contribution in [3.8, 4) is 0 Å². The normalized spacial score (nSPS) is 14.8. The summed E-state index contributed by atoms with van der Waals surface area (Å²) in [4.78, 5) is 0. The molecule has 1 rings (SSSR count). The highest BCUT2D eigenvalue weighted by Crippen LogP contribution is 2.27. The van der Waals surface area contributed by atoms with Crippen LogP contribution < -0.4 is 0 Å². The average molecular weight is 220 g/mol. The summed E-state index contributed by atoms with van der Waals surface area (Å²) < 4.78 is 0. The summed E-state index contributed by atoms with van der Waals surface area (Å²) in [6, 6.07) is 8.35. The van der Waals surface area contributed by atoms with E-state index in [0.29, 0.717) is 0 Å². The maximum absolute atomic E-state index is 10.4. The number of rotatable bonds is 6. The summed E-state index contributed by atoms with van der Waals surface area (Å²) in [5.41, 5.74) is 1.70. The van der Waals surface area contributed by atoms with E-state index in [2.05, 4.69) is 38.1 Å². The standard InChI is InChI=1S/C15H24O/c1-4-6-7-12-15(3,16)14-10-8-13(5-2)9-11-14/h8-11,16H,4-7,12H2,1-3H3. The third-order valence-corrected chi connectivity index (χ3v) is 3.25. The fraction of sp³-hybridized carbons (Fsp3) is 0.600. The first-order chi connectivity index (χ1) is 7.60. The lowest BCUT2D eigenvalue weighted by Crippen LogP contribution is -2.20. The summed E-state index contributed by atoms with van der Waals surface area (Å²) in [6.07, 6.45) is 5.40. The lowest BCUT2D eigenvalue weighted by molar-refractivity contribution is 0.0449. The van der Waals surface area contributed by atoms with Crippen LogP contribution >= 0.6 is 0 Å². The van der Waals surface area contributed by atoms with E-state index < -0.39 is 5.60 Å². The molecule has 16 heavy (non-hydrogen) atoms. The molecule has 0 bridgehead atoms. The zero-order chi connectivity index (χ0) is 12.0. The van der Waals surface area contributed by atoms with Crippen molar-refractivity contribution < 1.29 is 5.11 Å². The van der Waals surface area contributed by atoms with Crippen molar-refractivity contribution in [2.24, 2.45) is 0 Å². The van der Waals surface area contributed by atoms with Crippen molar-refractivity contribution in [3.63, 3.8) is 0 Å². The van der Waals surface area contributed by atoms with Crippen LogP contribution in [0, 0.1) is 0 Å². The first-order valence-electron chi connectivity index (χ1n) is 6.42. The van der Waals surface area contributed by atoms with Gasteiger partial charge in [0.2, 0.25) is 0 Å². The van der Waals surface area contributed by atoms with Gasteiger partial charge in [-0.25, -0.2) is 0 Å². The number of unbranched alkanes of at least 4 members (excludes halogenated alkanes) is 2. The third-order valence-electron chi connectivity index (χ3n) is 3.25. The second-order valence-electron chi connectivity index (χ2n) is 4.78. The minimum absolute atomic E-state index is 0.665. The van der Waals surface area contributed by atoms with Gasteiger partial charge in [0.1, 0.15) is 0 Å². The van der Waals surface area contributed by atoms with Crippen molar-refractivity contribution in [1.82, 2.24) is 0 Å². The molecule has 0 amide bonds. The van der Waals surface area contributed by atoms with Crippen LogP contribution in [0.15, 0.2) is 24.3 Å². The molecule has 1 aromatic rings. The molecule has 0 saturated heterocycles. The minimum Gasteiger partial charge on any atom is -0.385 e. The van der Waals surface area contributed by atoms with Crippen molar-refractivity contribution in [3.05, 3.63) is 35.4 Å². The first-order valence-corrected chi connectivity index (χ1v) is 6.42. The highest BCUT2D eigenvalue weighted by atomic mass is 16.3. The van der Waals surface area contributed by atoms with E-state index in [-0.39, 0.29) is 0 Å². The molecule has 0 radical (unpaired) electrons. The fourth-order valence-electron chi connectivity index (χ4n) is 1.96. The summed E-state index contributed by atoms with van der Waals surface area (Å²) in [7, 11) is 0. The molecule has 1 unspecified atom stereocenters. The SMILES string of the molecule is CCCCCC(C)(O)c1ccc(CC)cc1. The van der Waals surface area contributed by atoms with Crippen molar-refractivity contribution in [1.29, 1.82) is 0 Å². The van der Waals surface area contributed by atoms with Gasteiger partial charge in [0, 0.05) is 0 Å². The molecule has 90 valence electrons. The Morgan fingerprint density at radius 1 is 1.06 bits per heavy atom. The Labute approximate surface area is 99.5 Å².